The Bertz CT molecular complexity index is 598. The van der Waals surface area contributed by atoms with Gasteiger partial charge in [0.25, 0.3) is 0 Å². The zero-order valence-electron chi connectivity index (χ0n) is 12.2. The van der Waals surface area contributed by atoms with Gasteiger partial charge in [0.2, 0.25) is 0 Å². The minimum Gasteiger partial charge on any atom is -0.494 e. The van der Waals surface area contributed by atoms with Gasteiger partial charge < -0.3 is 10.1 Å². The minimum atomic E-state index is -0.322. The molecule has 1 heterocycles. The molecule has 0 amide bonds. The second kappa shape index (κ2) is 6.33. The van der Waals surface area contributed by atoms with Crippen LogP contribution in [0.2, 0.25) is 0 Å². The Morgan fingerprint density at radius 1 is 1.40 bits per heavy atom. The van der Waals surface area contributed by atoms with E-state index in [1.807, 2.05) is 27.0 Å². The fourth-order valence-electron chi connectivity index (χ4n) is 2.27. The Balaban J connectivity index is 2.22. The molecule has 0 bridgehead atoms. The number of hydrogen-bond acceptors (Lipinski definition) is 4. The molecule has 1 aromatic carbocycles. The van der Waals surface area contributed by atoms with Gasteiger partial charge in [-0.15, -0.1) is 11.3 Å². The van der Waals surface area contributed by atoms with Gasteiger partial charge in [0, 0.05) is 10.9 Å². The molecule has 0 aliphatic heterocycles. The number of rotatable bonds is 5. The van der Waals surface area contributed by atoms with Crippen molar-refractivity contribution in [3.8, 4) is 5.75 Å². The van der Waals surface area contributed by atoms with Gasteiger partial charge >= 0.3 is 0 Å². The van der Waals surface area contributed by atoms with Crippen LogP contribution < -0.4 is 10.1 Å². The molecule has 5 heteroatoms. The molecule has 0 fully saturated rings. The SMILES string of the molecule is CNC(Cc1ccc(OC)c(F)c1)c1sc(C)nc1C. The first-order valence-electron chi connectivity index (χ1n) is 6.48. The molecule has 1 aromatic heterocycles. The fraction of sp³-hybridized carbons (Fsp3) is 0.400. The summed E-state index contributed by atoms with van der Waals surface area (Å²) in [6.07, 6.45) is 0.722. The molecule has 0 aliphatic rings. The van der Waals surface area contributed by atoms with Crippen LogP contribution in [0.15, 0.2) is 18.2 Å². The highest BCUT2D eigenvalue weighted by Crippen LogP contribution is 2.28. The number of halogens is 1. The third kappa shape index (κ3) is 3.16. The van der Waals surface area contributed by atoms with Crippen molar-refractivity contribution >= 4 is 11.3 Å². The summed E-state index contributed by atoms with van der Waals surface area (Å²) in [5, 5.41) is 4.34. The highest BCUT2D eigenvalue weighted by atomic mass is 32.1. The summed E-state index contributed by atoms with van der Waals surface area (Å²) in [5.74, 6) is -0.0448. The van der Waals surface area contributed by atoms with Gasteiger partial charge in [0.15, 0.2) is 11.6 Å². The van der Waals surface area contributed by atoms with Crippen LogP contribution in [0.4, 0.5) is 4.39 Å². The van der Waals surface area contributed by atoms with Gasteiger partial charge in [-0.3, -0.25) is 0 Å². The number of methoxy groups -OCH3 is 1. The standard InChI is InChI=1S/C15H19FN2OS/c1-9-15(20-10(2)18-9)13(17-3)8-11-5-6-14(19-4)12(16)7-11/h5-7,13,17H,8H2,1-4H3. The van der Waals surface area contributed by atoms with Crippen molar-refractivity contribution in [2.24, 2.45) is 0 Å². The van der Waals surface area contributed by atoms with E-state index in [4.69, 9.17) is 4.74 Å². The average Bonchev–Trinajstić information content (AvgIpc) is 2.75. The van der Waals surface area contributed by atoms with E-state index in [0.29, 0.717) is 0 Å². The van der Waals surface area contributed by atoms with Gasteiger partial charge in [-0.05, 0) is 45.0 Å². The summed E-state index contributed by atoms with van der Waals surface area (Å²) in [5.41, 5.74) is 1.98. The average molecular weight is 294 g/mol. The first-order chi connectivity index (χ1) is 9.55. The van der Waals surface area contributed by atoms with E-state index in [1.165, 1.54) is 18.1 Å². The lowest BCUT2D eigenvalue weighted by Crippen LogP contribution is -2.18. The Morgan fingerprint density at radius 3 is 2.65 bits per heavy atom. The van der Waals surface area contributed by atoms with Crippen molar-refractivity contribution in [1.29, 1.82) is 0 Å². The third-order valence-corrected chi connectivity index (χ3v) is 4.45. The third-order valence-electron chi connectivity index (χ3n) is 3.26. The molecule has 2 aromatic rings. The molecule has 20 heavy (non-hydrogen) atoms. The van der Waals surface area contributed by atoms with Crippen molar-refractivity contribution in [2.75, 3.05) is 14.2 Å². The van der Waals surface area contributed by atoms with E-state index in [2.05, 4.69) is 10.3 Å². The maximum Gasteiger partial charge on any atom is 0.165 e. The lowest BCUT2D eigenvalue weighted by molar-refractivity contribution is 0.386. The first-order valence-corrected chi connectivity index (χ1v) is 7.30. The van der Waals surface area contributed by atoms with Gasteiger partial charge in [-0.25, -0.2) is 9.37 Å². The largest absolute Gasteiger partial charge is 0.494 e. The lowest BCUT2D eigenvalue weighted by Gasteiger charge is -2.15. The predicted molar refractivity (Wildman–Crippen MR) is 80.0 cm³/mol. The summed E-state index contributed by atoms with van der Waals surface area (Å²) in [4.78, 5) is 5.66. The van der Waals surface area contributed by atoms with Crippen LogP contribution in [0.25, 0.3) is 0 Å². The molecule has 3 nitrogen and oxygen atoms in total. The number of thiazole rings is 1. The summed E-state index contributed by atoms with van der Waals surface area (Å²) in [6.45, 7) is 4.01. The lowest BCUT2D eigenvalue weighted by atomic mass is 10.0. The predicted octanol–water partition coefficient (Wildman–Crippen LogP) is 3.41. The minimum absolute atomic E-state index is 0.147. The number of nitrogens with one attached hydrogen (secondary N) is 1. The van der Waals surface area contributed by atoms with Crippen LogP contribution in [0, 0.1) is 19.7 Å². The summed E-state index contributed by atoms with van der Waals surface area (Å²) >= 11 is 1.69. The molecule has 108 valence electrons. The molecule has 0 aliphatic carbocycles. The van der Waals surface area contributed by atoms with Crippen LogP contribution in [-0.2, 0) is 6.42 Å². The number of aryl methyl sites for hydroxylation is 2. The maximum atomic E-state index is 13.7. The van der Waals surface area contributed by atoms with Crippen molar-refractivity contribution < 1.29 is 9.13 Å². The topological polar surface area (TPSA) is 34.1 Å². The highest BCUT2D eigenvalue weighted by molar-refractivity contribution is 7.11. The molecule has 0 radical (unpaired) electrons. The number of likely N-dealkylation sites (N-methyl/N-ethyl adjacent to an activating group) is 1. The van der Waals surface area contributed by atoms with Crippen LogP contribution in [0.5, 0.6) is 5.75 Å². The van der Waals surface area contributed by atoms with Gasteiger partial charge in [-0.2, -0.15) is 0 Å². The van der Waals surface area contributed by atoms with Crippen molar-refractivity contribution in [1.82, 2.24) is 10.3 Å². The fourth-order valence-corrected chi connectivity index (χ4v) is 3.31. The van der Waals surface area contributed by atoms with Gasteiger partial charge in [0.05, 0.1) is 17.8 Å². The van der Waals surface area contributed by atoms with E-state index >= 15 is 0 Å². The molecule has 0 saturated carbocycles. The molecule has 1 atom stereocenters. The Hall–Kier alpha value is -1.46. The Kier molecular flexibility index (Phi) is 4.73. The maximum absolute atomic E-state index is 13.7. The number of benzene rings is 1. The Morgan fingerprint density at radius 2 is 2.15 bits per heavy atom. The summed E-state index contributed by atoms with van der Waals surface area (Å²) in [6, 6.07) is 5.25. The van der Waals surface area contributed by atoms with Crippen molar-refractivity contribution in [2.45, 2.75) is 26.3 Å². The molecular formula is C15H19FN2OS. The number of ether oxygens (including phenoxy) is 1. The van der Waals surface area contributed by atoms with Crippen LogP contribution in [-0.4, -0.2) is 19.1 Å². The monoisotopic (exact) mass is 294 g/mol. The van der Waals surface area contributed by atoms with E-state index in [-0.39, 0.29) is 17.6 Å². The molecule has 0 saturated heterocycles. The van der Waals surface area contributed by atoms with Crippen LogP contribution >= 0.6 is 11.3 Å². The molecule has 1 N–H and O–H groups in total. The first kappa shape index (κ1) is 14.9. The summed E-state index contributed by atoms with van der Waals surface area (Å²) < 4.78 is 18.7. The molecule has 2 rings (SSSR count). The highest BCUT2D eigenvalue weighted by Gasteiger charge is 2.17. The number of aromatic nitrogens is 1. The number of hydrogen-bond donors (Lipinski definition) is 1. The second-order valence-electron chi connectivity index (χ2n) is 4.70. The Labute approximate surface area is 122 Å². The second-order valence-corrected chi connectivity index (χ2v) is 5.93. The van der Waals surface area contributed by atoms with Gasteiger partial charge in [-0.1, -0.05) is 6.07 Å². The smallest absolute Gasteiger partial charge is 0.165 e. The quantitative estimate of drug-likeness (QED) is 0.917. The van der Waals surface area contributed by atoms with E-state index in [9.17, 15) is 4.39 Å². The van der Waals surface area contributed by atoms with Crippen LogP contribution in [0.1, 0.15) is 27.2 Å². The van der Waals surface area contributed by atoms with Crippen molar-refractivity contribution in [3.63, 3.8) is 0 Å². The zero-order valence-corrected chi connectivity index (χ0v) is 13.0. The van der Waals surface area contributed by atoms with Crippen LogP contribution in [0.3, 0.4) is 0 Å². The summed E-state index contributed by atoms with van der Waals surface area (Å²) in [7, 11) is 3.39. The van der Waals surface area contributed by atoms with E-state index in [1.54, 1.807) is 17.4 Å². The van der Waals surface area contributed by atoms with Gasteiger partial charge in [0.1, 0.15) is 0 Å². The molecule has 1 unspecified atom stereocenters. The number of nitrogens with zero attached hydrogens (tertiary/aromatic N) is 1. The molecule has 0 spiro atoms. The van der Waals surface area contributed by atoms with E-state index in [0.717, 1.165) is 22.7 Å². The molecular weight excluding hydrogens is 275 g/mol. The van der Waals surface area contributed by atoms with E-state index < -0.39 is 0 Å². The normalized spacial score (nSPS) is 12.4. The zero-order chi connectivity index (χ0) is 14.7. The van der Waals surface area contributed by atoms with Crippen molar-refractivity contribution in [3.05, 3.63) is 45.2 Å².